The average molecular weight is 224 g/mol. The minimum absolute atomic E-state index is 0.0372. The summed E-state index contributed by atoms with van der Waals surface area (Å²) in [5.74, 6) is -1.60. The van der Waals surface area contributed by atoms with Crippen molar-refractivity contribution in [3.05, 3.63) is 0 Å². The van der Waals surface area contributed by atoms with Crippen molar-refractivity contribution in [1.29, 1.82) is 0 Å². The van der Waals surface area contributed by atoms with Gasteiger partial charge in [0.15, 0.2) is 14.6 Å². The highest BCUT2D eigenvalue weighted by atomic mass is 32.2. The Morgan fingerprint density at radius 2 is 1.93 bits per heavy atom. The van der Waals surface area contributed by atoms with Crippen molar-refractivity contribution in [3.63, 3.8) is 0 Å². The molecule has 0 bridgehead atoms. The molecule has 84 valence electrons. The van der Waals surface area contributed by atoms with E-state index in [1.807, 2.05) is 0 Å². The largest absolute Gasteiger partial charge is 0.480 e. The molecule has 0 aromatic rings. The molecule has 0 saturated carbocycles. The Bertz CT molecular complexity index is 291. The molecule has 0 rings (SSSR count). The van der Waals surface area contributed by atoms with Crippen LogP contribution in [0.2, 0.25) is 0 Å². The van der Waals surface area contributed by atoms with Gasteiger partial charge in [-0.25, -0.2) is 8.42 Å². The van der Waals surface area contributed by atoms with E-state index in [2.05, 4.69) is 0 Å². The smallest absolute Gasteiger partial charge is 0.324 e. The quantitative estimate of drug-likeness (QED) is 0.656. The molecule has 14 heavy (non-hydrogen) atoms. The van der Waals surface area contributed by atoms with Crippen LogP contribution in [-0.4, -0.2) is 43.2 Å². The van der Waals surface area contributed by atoms with Crippen molar-refractivity contribution in [2.75, 3.05) is 19.0 Å². The monoisotopic (exact) mass is 224 g/mol. The Morgan fingerprint density at radius 3 is 2.29 bits per heavy atom. The van der Waals surface area contributed by atoms with Gasteiger partial charge in [-0.2, -0.15) is 0 Å². The number of aliphatic carboxylic acids is 1. The van der Waals surface area contributed by atoms with Crippen LogP contribution in [0.1, 0.15) is 20.8 Å². The Labute approximate surface area is 84.0 Å². The lowest BCUT2D eigenvalue weighted by molar-refractivity contribution is -0.139. The van der Waals surface area contributed by atoms with E-state index in [0.29, 0.717) is 6.61 Å². The van der Waals surface area contributed by atoms with E-state index in [1.165, 1.54) is 13.8 Å². The van der Waals surface area contributed by atoms with Gasteiger partial charge in [0.1, 0.15) is 0 Å². The van der Waals surface area contributed by atoms with E-state index in [9.17, 15) is 13.2 Å². The van der Waals surface area contributed by atoms with E-state index in [0.717, 1.165) is 0 Å². The molecule has 0 amide bonds. The molecule has 6 heteroatoms. The summed E-state index contributed by atoms with van der Waals surface area (Å²) in [4.78, 5) is 10.7. The summed E-state index contributed by atoms with van der Waals surface area (Å²) in [6.45, 7) is 4.56. The Morgan fingerprint density at radius 1 is 1.43 bits per heavy atom. The first-order valence-electron chi connectivity index (χ1n) is 4.29. The molecule has 0 saturated heterocycles. The van der Waals surface area contributed by atoms with Gasteiger partial charge in [-0.15, -0.1) is 0 Å². The van der Waals surface area contributed by atoms with Gasteiger partial charge < -0.3 is 9.84 Å². The Kier molecular flexibility index (Phi) is 4.54. The van der Waals surface area contributed by atoms with Gasteiger partial charge in [0.2, 0.25) is 0 Å². The molecular formula is C8H16O5S. The zero-order valence-electron chi connectivity index (χ0n) is 8.61. The van der Waals surface area contributed by atoms with Crippen LogP contribution in [0.3, 0.4) is 0 Å². The van der Waals surface area contributed by atoms with Crippen LogP contribution in [0.4, 0.5) is 0 Å². The average Bonchev–Trinajstić information content (AvgIpc) is 2.04. The summed E-state index contributed by atoms with van der Waals surface area (Å²) in [6.07, 6.45) is 0. The zero-order valence-corrected chi connectivity index (χ0v) is 9.43. The normalized spacial score (nSPS) is 12.8. The molecule has 0 unspecified atom stereocenters. The van der Waals surface area contributed by atoms with Gasteiger partial charge in [0.05, 0.1) is 12.4 Å². The highest BCUT2D eigenvalue weighted by Gasteiger charge is 2.41. The van der Waals surface area contributed by atoms with E-state index in [1.54, 1.807) is 6.92 Å². The molecule has 5 nitrogen and oxygen atoms in total. The lowest BCUT2D eigenvalue weighted by atomic mass is 10.2. The molecule has 0 fully saturated rings. The SMILES string of the molecule is CCOCCS(=O)(=O)C(C)(C)C(=O)O. The van der Waals surface area contributed by atoms with Gasteiger partial charge >= 0.3 is 5.97 Å². The number of carboxylic acids is 1. The standard InChI is InChI=1S/C8H16O5S/c1-4-13-5-6-14(11,12)8(2,3)7(9)10/h4-6H2,1-3H3,(H,9,10). The zero-order chi connectivity index (χ0) is 11.4. The third-order valence-electron chi connectivity index (χ3n) is 1.99. The summed E-state index contributed by atoms with van der Waals surface area (Å²) in [6, 6.07) is 0. The first-order chi connectivity index (χ1) is 6.25. The lowest BCUT2D eigenvalue weighted by Gasteiger charge is -2.19. The number of carboxylic acid groups (broad SMARTS) is 1. The number of sulfone groups is 1. The van der Waals surface area contributed by atoms with E-state index < -0.39 is 20.6 Å². The maximum absolute atomic E-state index is 11.5. The first kappa shape index (κ1) is 13.4. The number of rotatable bonds is 6. The molecule has 0 aliphatic carbocycles. The second-order valence-corrected chi connectivity index (χ2v) is 5.99. The van der Waals surface area contributed by atoms with Crippen molar-refractivity contribution >= 4 is 15.8 Å². The van der Waals surface area contributed by atoms with Crippen LogP contribution < -0.4 is 0 Å². The third kappa shape index (κ3) is 2.95. The van der Waals surface area contributed by atoms with Crippen molar-refractivity contribution in [2.24, 2.45) is 0 Å². The lowest BCUT2D eigenvalue weighted by Crippen LogP contribution is -2.42. The van der Waals surface area contributed by atoms with Gasteiger partial charge in [0, 0.05) is 6.61 Å². The first-order valence-corrected chi connectivity index (χ1v) is 5.94. The van der Waals surface area contributed by atoms with Crippen molar-refractivity contribution in [1.82, 2.24) is 0 Å². The molecule has 0 spiro atoms. The summed E-state index contributed by atoms with van der Waals surface area (Å²) >= 11 is 0. The fourth-order valence-electron chi connectivity index (χ4n) is 0.701. The van der Waals surface area contributed by atoms with Crippen LogP contribution in [0, 0.1) is 0 Å². The fourth-order valence-corrected chi connectivity index (χ4v) is 1.81. The number of carbonyl (C=O) groups is 1. The molecule has 0 aliphatic heterocycles. The molecule has 0 radical (unpaired) electrons. The van der Waals surface area contributed by atoms with E-state index in [-0.39, 0.29) is 12.4 Å². The predicted octanol–water partition coefficient (Wildman–Crippen LogP) is 0.301. The molecule has 0 atom stereocenters. The van der Waals surface area contributed by atoms with Crippen molar-refractivity contribution in [3.8, 4) is 0 Å². The molecule has 0 aromatic carbocycles. The Balaban J connectivity index is 4.55. The molecule has 0 aromatic heterocycles. The summed E-state index contributed by atoms with van der Waals surface area (Å²) in [5, 5.41) is 8.71. The van der Waals surface area contributed by atoms with E-state index >= 15 is 0 Å². The molecular weight excluding hydrogens is 208 g/mol. The summed E-state index contributed by atoms with van der Waals surface area (Å²) < 4.78 is 26.1. The van der Waals surface area contributed by atoms with Gasteiger partial charge in [-0.1, -0.05) is 0 Å². The highest BCUT2D eigenvalue weighted by molar-refractivity contribution is 7.93. The maximum Gasteiger partial charge on any atom is 0.324 e. The van der Waals surface area contributed by atoms with Crippen molar-refractivity contribution in [2.45, 2.75) is 25.5 Å². The maximum atomic E-state index is 11.5. The van der Waals surface area contributed by atoms with Gasteiger partial charge in [-0.3, -0.25) is 4.79 Å². The van der Waals surface area contributed by atoms with E-state index in [4.69, 9.17) is 9.84 Å². The second-order valence-electron chi connectivity index (χ2n) is 3.33. The second kappa shape index (κ2) is 4.75. The number of hydrogen-bond acceptors (Lipinski definition) is 4. The van der Waals surface area contributed by atoms with Gasteiger partial charge in [0.25, 0.3) is 0 Å². The third-order valence-corrected chi connectivity index (χ3v) is 4.43. The van der Waals surface area contributed by atoms with Crippen LogP contribution >= 0.6 is 0 Å². The van der Waals surface area contributed by atoms with Crippen LogP contribution in [0.25, 0.3) is 0 Å². The molecule has 0 heterocycles. The molecule has 1 N–H and O–H groups in total. The summed E-state index contributed by atoms with van der Waals surface area (Å²) in [5.41, 5.74) is 0. The minimum atomic E-state index is -3.66. The fraction of sp³-hybridized carbons (Fsp3) is 0.875. The van der Waals surface area contributed by atoms with Crippen molar-refractivity contribution < 1.29 is 23.1 Å². The van der Waals surface area contributed by atoms with Crippen LogP contribution in [-0.2, 0) is 19.4 Å². The number of hydrogen-bond donors (Lipinski definition) is 1. The van der Waals surface area contributed by atoms with Crippen LogP contribution in [0.15, 0.2) is 0 Å². The molecule has 0 aliphatic rings. The minimum Gasteiger partial charge on any atom is -0.480 e. The number of ether oxygens (including phenoxy) is 1. The van der Waals surface area contributed by atoms with Crippen LogP contribution in [0.5, 0.6) is 0 Å². The Hall–Kier alpha value is -0.620. The highest BCUT2D eigenvalue weighted by Crippen LogP contribution is 2.17. The predicted molar refractivity (Wildman–Crippen MR) is 52.0 cm³/mol. The van der Waals surface area contributed by atoms with Gasteiger partial charge in [-0.05, 0) is 20.8 Å². The summed E-state index contributed by atoms with van der Waals surface area (Å²) in [7, 11) is -3.66. The topological polar surface area (TPSA) is 80.7 Å².